The van der Waals surface area contributed by atoms with Crippen LogP contribution >= 0.6 is 35.1 Å². The molecule has 136 valence electrons. The maximum Gasteiger partial charge on any atom is 0.339 e. The molecule has 0 unspecified atom stereocenters. The molecule has 0 bridgehead atoms. The van der Waals surface area contributed by atoms with E-state index in [0.29, 0.717) is 10.7 Å². The number of hydrogen-bond acceptors (Lipinski definition) is 2. The number of hydrogen-bond donors (Lipinski definition) is 0. The van der Waals surface area contributed by atoms with Gasteiger partial charge in [0, 0.05) is 15.6 Å². The minimum absolute atomic E-state index is 0.0337. The summed E-state index contributed by atoms with van der Waals surface area (Å²) in [5.74, 6) is -0.441. The Morgan fingerprint density at radius 1 is 0.926 bits per heavy atom. The van der Waals surface area contributed by atoms with Crippen molar-refractivity contribution < 1.29 is 9.18 Å². The van der Waals surface area contributed by atoms with E-state index in [0.717, 1.165) is 10.6 Å². The number of nitrogens with zero attached hydrogens (tertiary/aromatic N) is 2. The summed E-state index contributed by atoms with van der Waals surface area (Å²) >= 11 is 13.5. The van der Waals surface area contributed by atoms with Gasteiger partial charge in [0.25, 0.3) is 0 Å². The van der Waals surface area contributed by atoms with Gasteiger partial charge in [0.05, 0.1) is 22.8 Å². The molecule has 1 aliphatic rings. The Hall–Kier alpha value is -2.21. The van der Waals surface area contributed by atoms with Gasteiger partial charge in [0.1, 0.15) is 5.82 Å². The fourth-order valence-electron chi connectivity index (χ4n) is 2.84. The maximum absolute atomic E-state index is 14.3. The molecule has 0 aromatic heterocycles. The molecule has 1 aliphatic heterocycles. The lowest BCUT2D eigenvalue weighted by Crippen LogP contribution is -2.43. The predicted molar refractivity (Wildman–Crippen MR) is 109 cm³/mol. The number of fused-ring (bicyclic) bond motifs is 1. The molecular formula is C20H13Cl2FN2OS. The fraction of sp³-hybridized carbons (Fsp3) is 0.0500. The SMILES string of the molecule is O=C1N(Cc2c(F)cccc2Cl)c2ccccc2SN1c1ccc(Cl)cc1. The average Bonchev–Trinajstić information content (AvgIpc) is 2.67. The van der Waals surface area contributed by atoms with Crippen LogP contribution in [0, 0.1) is 5.82 Å². The highest BCUT2D eigenvalue weighted by Gasteiger charge is 2.33. The second-order valence-electron chi connectivity index (χ2n) is 5.90. The Balaban J connectivity index is 1.77. The molecule has 0 saturated heterocycles. The van der Waals surface area contributed by atoms with Crippen molar-refractivity contribution in [3.63, 3.8) is 0 Å². The van der Waals surface area contributed by atoms with Crippen LogP contribution in [-0.4, -0.2) is 6.03 Å². The van der Waals surface area contributed by atoms with Crippen molar-refractivity contribution in [3.8, 4) is 0 Å². The highest BCUT2D eigenvalue weighted by atomic mass is 35.5. The Kier molecular flexibility index (Phi) is 5.00. The zero-order valence-electron chi connectivity index (χ0n) is 13.9. The molecular weight excluding hydrogens is 406 g/mol. The molecule has 3 aromatic carbocycles. The average molecular weight is 419 g/mol. The number of para-hydroxylation sites is 1. The lowest BCUT2D eigenvalue weighted by atomic mass is 10.2. The summed E-state index contributed by atoms with van der Waals surface area (Å²) in [6.07, 6.45) is 0. The second-order valence-corrected chi connectivity index (χ2v) is 7.73. The third-order valence-corrected chi connectivity index (χ3v) is 5.89. The number of anilines is 2. The van der Waals surface area contributed by atoms with E-state index in [4.69, 9.17) is 23.2 Å². The molecule has 0 aliphatic carbocycles. The minimum atomic E-state index is -0.441. The molecule has 3 aromatic rings. The molecule has 7 heteroatoms. The molecule has 0 atom stereocenters. The Morgan fingerprint density at radius 3 is 2.41 bits per heavy atom. The van der Waals surface area contributed by atoms with Crippen molar-refractivity contribution >= 4 is 52.6 Å². The second kappa shape index (κ2) is 7.43. The molecule has 0 spiro atoms. The number of carbonyl (C=O) groups is 1. The molecule has 0 saturated carbocycles. The molecule has 0 N–H and O–H groups in total. The van der Waals surface area contributed by atoms with Gasteiger partial charge in [-0.05, 0) is 60.5 Å². The van der Waals surface area contributed by atoms with Crippen LogP contribution in [0.2, 0.25) is 10.0 Å². The van der Waals surface area contributed by atoms with Crippen molar-refractivity contribution in [2.24, 2.45) is 0 Å². The van der Waals surface area contributed by atoms with Gasteiger partial charge < -0.3 is 0 Å². The van der Waals surface area contributed by atoms with Crippen LogP contribution in [-0.2, 0) is 6.54 Å². The van der Waals surface area contributed by atoms with Gasteiger partial charge in [-0.25, -0.2) is 13.5 Å². The van der Waals surface area contributed by atoms with E-state index in [2.05, 4.69) is 0 Å². The normalized spacial score (nSPS) is 13.7. The number of rotatable bonds is 3. The van der Waals surface area contributed by atoms with Crippen molar-refractivity contribution in [1.82, 2.24) is 0 Å². The Morgan fingerprint density at radius 2 is 1.67 bits per heavy atom. The van der Waals surface area contributed by atoms with Crippen LogP contribution in [0.4, 0.5) is 20.6 Å². The van der Waals surface area contributed by atoms with Crippen LogP contribution in [0.3, 0.4) is 0 Å². The highest BCUT2D eigenvalue weighted by Crippen LogP contribution is 2.42. The first kappa shape index (κ1) is 18.2. The van der Waals surface area contributed by atoms with Crippen LogP contribution in [0.15, 0.2) is 71.6 Å². The molecule has 1 heterocycles. The Bertz CT molecular complexity index is 993. The van der Waals surface area contributed by atoms with Crippen molar-refractivity contribution in [3.05, 3.63) is 88.2 Å². The molecule has 2 amide bonds. The van der Waals surface area contributed by atoms with Crippen molar-refractivity contribution in [2.75, 3.05) is 9.21 Å². The van der Waals surface area contributed by atoms with Gasteiger partial charge in [0.2, 0.25) is 0 Å². The summed E-state index contributed by atoms with van der Waals surface area (Å²) in [5.41, 5.74) is 1.69. The highest BCUT2D eigenvalue weighted by molar-refractivity contribution is 8.01. The summed E-state index contributed by atoms with van der Waals surface area (Å²) in [6, 6.07) is 18.7. The third kappa shape index (κ3) is 3.50. The zero-order chi connectivity index (χ0) is 19.0. The Labute approximate surface area is 170 Å². The maximum atomic E-state index is 14.3. The standard InChI is InChI=1S/C20H13Cl2FN2OS/c21-13-8-10-14(11-9-13)25-20(26)24(18-6-1-2-7-19(18)27-25)12-15-16(22)4-3-5-17(15)23/h1-11H,12H2. The van der Waals surface area contributed by atoms with Crippen molar-refractivity contribution in [2.45, 2.75) is 11.4 Å². The van der Waals surface area contributed by atoms with Crippen LogP contribution < -0.4 is 9.21 Å². The van der Waals surface area contributed by atoms with E-state index in [-0.39, 0.29) is 23.2 Å². The molecule has 0 fully saturated rings. The van der Waals surface area contributed by atoms with Gasteiger partial charge >= 0.3 is 6.03 Å². The summed E-state index contributed by atoms with van der Waals surface area (Å²) in [5, 5.41) is 0.875. The third-order valence-electron chi connectivity index (χ3n) is 4.19. The number of amides is 2. The van der Waals surface area contributed by atoms with E-state index in [1.165, 1.54) is 22.9 Å². The van der Waals surface area contributed by atoms with Crippen molar-refractivity contribution in [1.29, 1.82) is 0 Å². The van der Waals surface area contributed by atoms with E-state index >= 15 is 0 Å². The van der Waals surface area contributed by atoms with E-state index in [9.17, 15) is 9.18 Å². The smallest absolute Gasteiger partial charge is 0.288 e. The zero-order valence-corrected chi connectivity index (χ0v) is 16.2. The summed E-state index contributed by atoms with van der Waals surface area (Å²) in [6.45, 7) is 0.0337. The van der Waals surface area contributed by atoms with Gasteiger partial charge in [-0.3, -0.25) is 4.90 Å². The van der Waals surface area contributed by atoms with Gasteiger partial charge in [-0.2, -0.15) is 0 Å². The molecule has 27 heavy (non-hydrogen) atoms. The number of halogens is 3. The lowest BCUT2D eigenvalue weighted by Gasteiger charge is -2.36. The minimum Gasteiger partial charge on any atom is -0.288 e. The summed E-state index contributed by atoms with van der Waals surface area (Å²) < 4.78 is 15.9. The van der Waals surface area contributed by atoms with E-state index < -0.39 is 5.82 Å². The monoisotopic (exact) mass is 418 g/mol. The fourth-order valence-corrected chi connectivity index (χ4v) is 4.20. The van der Waals surface area contributed by atoms with Gasteiger partial charge in [-0.15, -0.1) is 0 Å². The van der Waals surface area contributed by atoms with E-state index in [1.54, 1.807) is 40.7 Å². The van der Waals surface area contributed by atoms with Crippen LogP contribution in [0.1, 0.15) is 5.56 Å². The quantitative estimate of drug-likeness (QED) is 0.437. The van der Waals surface area contributed by atoms with Crippen LogP contribution in [0.25, 0.3) is 0 Å². The number of carbonyl (C=O) groups excluding carboxylic acids is 1. The number of benzene rings is 3. The predicted octanol–water partition coefficient (Wildman–Crippen LogP) is 6.79. The van der Waals surface area contributed by atoms with Gasteiger partial charge in [0.15, 0.2) is 0 Å². The largest absolute Gasteiger partial charge is 0.339 e. The topological polar surface area (TPSA) is 23.6 Å². The van der Waals surface area contributed by atoms with Crippen LogP contribution in [0.5, 0.6) is 0 Å². The van der Waals surface area contributed by atoms with E-state index in [1.807, 2.05) is 24.3 Å². The summed E-state index contributed by atoms with van der Waals surface area (Å²) in [4.78, 5) is 15.7. The first-order valence-electron chi connectivity index (χ1n) is 8.11. The first-order valence-corrected chi connectivity index (χ1v) is 9.64. The molecule has 4 rings (SSSR count). The van der Waals surface area contributed by atoms with Gasteiger partial charge in [-0.1, -0.05) is 41.4 Å². The lowest BCUT2D eigenvalue weighted by molar-refractivity contribution is 0.254. The first-order chi connectivity index (χ1) is 13.0. The summed E-state index contributed by atoms with van der Waals surface area (Å²) in [7, 11) is 0. The number of urea groups is 1. The molecule has 0 radical (unpaired) electrons. The molecule has 3 nitrogen and oxygen atoms in total.